The van der Waals surface area contributed by atoms with E-state index in [-0.39, 0.29) is 93.6 Å². The van der Waals surface area contributed by atoms with Crippen molar-refractivity contribution in [1.82, 2.24) is 68.4 Å². The number of aliphatic hydroxyl groups is 1. The fourth-order valence-electron chi connectivity index (χ4n) is 15.2. The Bertz CT molecular complexity index is 5440. The number of phenols is 4. The summed E-state index contributed by atoms with van der Waals surface area (Å²) in [5.41, 5.74) is 12.0. The number of ketones is 5. The molecule has 2 heterocycles. The Kier molecular flexibility index (Phi) is 52.0. The Hall–Kier alpha value is -16.0. The fourth-order valence-corrected chi connectivity index (χ4v) is 15.2. The minimum atomic E-state index is -2.42. The first-order valence-electron chi connectivity index (χ1n) is 46.3. The molecule has 1 fully saturated rings. The number of para-hydroxylation sites is 4. The number of nitrogens with zero attached hydrogens (tertiary/aromatic N) is 1. The van der Waals surface area contributed by atoms with Gasteiger partial charge in [-0.2, -0.15) is 19.2 Å². The van der Waals surface area contributed by atoms with Crippen molar-refractivity contribution in [3.8, 4) is 23.0 Å². The molecule has 0 saturated carbocycles. The summed E-state index contributed by atoms with van der Waals surface area (Å²) in [6.07, 6.45) is -2.31. The van der Waals surface area contributed by atoms with E-state index in [4.69, 9.17) is 35.4 Å². The highest BCUT2D eigenvalue weighted by Crippen LogP contribution is 2.32. The number of unbranched alkanes of at least 4 members (excludes halogenated alkanes) is 8. The van der Waals surface area contributed by atoms with Crippen molar-refractivity contribution < 1.29 is 160 Å². The lowest BCUT2D eigenvalue weighted by Gasteiger charge is -2.29. The van der Waals surface area contributed by atoms with Crippen molar-refractivity contribution in [3.05, 3.63) is 113 Å². The molecular formula is C96H125N15O33. The number of aliphatic hydroxyl groups excluding tert-OH is 1. The molecular weight excluding hydrogens is 1890 g/mol. The molecule has 0 bridgehead atoms. The van der Waals surface area contributed by atoms with E-state index >= 15 is 14.4 Å². The SMILES string of the molecule is CCCCCCCCCC(=O)N[C@@H](Cc1c[nH]c2ccccc12)C(=O)N[C@H](CC(N)=O)C(=O)C[C@@H](CC(=O)O)C(=O)N[C@@H]1C(=O)NCC(=O)N[C@@H](CCCCC(=O)CN(CCCCNC(=O)c2cccc(O)c2O)C(=O)c2cccc(O)c2O)C(=O)C[C@@H](C)C(=O)N[C@H](C)C(=O)N[C@@H](C)C(=O)NCC(=O)N[C@H](CO)C(=O)C[C@@H](C(C)CC(=O)O)C(=O)N[C@@H](CC(=O)c2ccccc2N)C(=O)O[C@@H]1C.O=C=O.O=C=O. The molecule has 1 aliphatic heterocycles. The zero-order valence-electron chi connectivity index (χ0n) is 80.3. The number of carboxylic acid groups (broad SMARTS) is 2. The maximum absolute atomic E-state index is 15.1. The second-order valence-electron chi connectivity index (χ2n) is 34.4. The highest BCUT2D eigenvalue weighted by molar-refractivity contribution is 6.06. The van der Waals surface area contributed by atoms with Gasteiger partial charge in [-0.15, -0.1) is 0 Å². The number of hydrogen-bond acceptors (Lipinski definition) is 32. The van der Waals surface area contributed by atoms with Crippen molar-refractivity contribution in [3.63, 3.8) is 0 Å². The van der Waals surface area contributed by atoms with E-state index < -0.39 is 301 Å². The topological polar surface area (TPSA) is 781 Å². The first-order valence-corrected chi connectivity index (χ1v) is 46.3. The minimum Gasteiger partial charge on any atom is -0.504 e. The number of anilines is 1. The lowest BCUT2D eigenvalue weighted by Crippen LogP contribution is -2.57. The highest BCUT2D eigenvalue weighted by Gasteiger charge is 2.42. The summed E-state index contributed by atoms with van der Waals surface area (Å²) < 4.78 is 5.82. The first-order chi connectivity index (χ1) is 68.2. The molecule has 144 heavy (non-hydrogen) atoms. The Morgan fingerprint density at radius 1 is 0.562 bits per heavy atom. The predicted octanol–water partition coefficient (Wildman–Crippen LogP) is 0.139. The number of nitrogen functional groups attached to an aromatic ring is 1. The van der Waals surface area contributed by atoms with E-state index in [0.717, 1.165) is 56.1 Å². The van der Waals surface area contributed by atoms with Crippen LogP contribution in [0.3, 0.4) is 0 Å². The van der Waals surface area contributed by atoms with Gasteiger partial charge in [-0.05, 0) is 107 Å². The van der Waals surface area contributed by atoms with Crippen molar-refractivity contribution in [1.29, 1.82) is 0 Å². The summed E-state index contributed by atoms with van der Waals surface area (Å²) in [5.74, 6) is -33.5. The number of Topliss-reactive ketones (excluding diaryl/α,β-unsaturated/α-hetero) is 5. The summed E-state index contributed by atoms with van der Waals surface area (Å²) in [6.45, 7) is 3.64. The van der Waals surface area contributed by atoms with Crippen LogP contribution >= 0.6 is 0 Å². The molecule has 1 unspecified atom stereocenters. The number of aromatic amines is 1. The Morgan fingerprint density at radius 2 is 1.12 bits per heavy atom. The number of carbonyl (C=O) groups excluding carboxylic acids is 23. The van der Waals surface area contributed by atoms with Crippen molar-refractivity contribution in [2.24, 2.45) is 29.4 Å². The molecule has 782 valence electrons. The molecule has 13 atom stereocenters. The van der Waals surface area contributed by atoms with Crippen LogP contribution in [0.5, 0.6) is 23.0 Å². The van der Waals surface area contributed by atoms with Gasteiger partial charge >= 0.3 is 30.2 Å². The molecule has 0 aliphatic carbocycles. The van der Waals surface area contributed by atoms with Crippen LogP contribution in [0.15, 0.2) is 91.1 Å². The number of ether oxygens (including phenoxy) is 1. The molecule has 1 saturated heterocycles. The third-order valence-corrected chi connectivity index (χ3v) is 23.1. The lowest BCUT2D eigenvalue weighted by molar-refractivity contribution is -0.193. The number of cyclic esters (lactones) is 1. The molecule has 0 spiro atoms. The number of aliphatic carboxylic acids is 2. The third-order valence-electron chi connectivity index (χ3n) is 23.1. The van der Waals surface area contributed by atoms with Crippen molar-refractivity contribution in [2.75, 3.05) is 45.1 Å². The number of nitrogens with two attached hydrogens (primary N) is 2. The number of carboxylic acids is 2. The van der Waals surface area contributed by atoms with Crippen LogP contribution in [0.2, 0.25) is 0 Å². The molecule has 23 N–H and O–H groups in total. The maximum Gasteiger partial charge on any atom is 0.373 e. The van der Waals surface area contributed by atoms with Crippen LogP contribution in [-0.2, 0) is 117 Å². The average molecular weight is 2020 g/mol. The van der Waals surface area contributed by atoms with Gasteiger partial charge in [-0.1, -0.05) is 108 Å². The Balaban J connectivity index is 0.00000702. The molecule has 48 heteroatoms. The van der Waals surface area contributed by atoms with Gasteiger partial charge in [-0.25, -0.2) is 4.79 Å². The molecule has 5 aromatic rings. The minimum absolute atomic E-state index is 0.0157. The number of nitrogens with one attached hydrogen (secondary N) is 12. The van der Waals surface area contributed by atoms with E-state index in [2.05, 4.69) is 70.4 Å². The second-order valence-corrected chi connectivity index (χ2v) is 34.4. The summed E-state index contributed by atoms with van der Waals surface area (Å²) in [6, 6.07) is 4.95. The zero-order valence-corrected chi connectivity index (χ0v) is 80.3. The molecule has 4 aromatic carbocycles. The maximum atomic E-state index is 15.1. The lowest BCUT2D eigenvalue weighted by atomic mass is 9.84. The molecule has 13 amide bonds. The zero-order chi connectivity index (χ0) is 108. The molecule has 6 rings (SSSR count). The van der Waals surface area contributed by atoms with Crippen LogP contribution in [0.25, 0.3) is 10.9 Å². The summed E-state index contributed by atoms with van der Waals surface area (Å²) >= 11 is 0. The highest BCUT2D eigenvalue weighted by atomic mass is 16.5. The van der Waals surface area contributed by atoms with Gasteiger partial charge in [0.1, 0.15) is 42.4 Å². The molecule has 1 aromatic heterocycles. The first kappa shape index (κ1) is 120. The normalized spacial score (nSPS) is 19.0. The largest absolute Gasteiger partial charge is 0.504 e. The van der Waals surface area contributed by atoms with E-state index in [1.807, 2.05) is 0 Å². The molecule has 48 nitrogen and oxygen atoms in total. The van der Waals surface area contributed by atoms with Crippen LogP contribution in [0.4, 0.5) is 5.69 Å². The van der Waals surface area contributed by atoms with Crippen molar-refractivity contribution >= 4 is 153 Å². The summed E-state index contributed by atoms with van der Waals surface area (Å²) in [5, 5.41) is 98.8. The number of hydrogen-bond donors (Lipinski definition) is 21. The number of H-pyrrole nitrogens is 1. The van der Waals surface area contributed by atoms with Gasteiger partial charge in [0.25, 0.3) is 11.8 Å². The van der Waals surface area contributed by atoms with Crippen LogP contribution in [0, 0.1) is 23.7 Å². The molecule has 0 radical (unpaired) electrons. The average Bonchev–Trinajstić information content (AvgIpc) is 1.84. The quantitative estimate of drug-likeness (QED) is 0.00811. The van der Waals surface area contributed by atoms with E-state index in [1.54, 1.807) is 30.5 Å². The third kappa shape index (κ3) is 41.1. The number of benzene rings is 4. The predicted molar refractivity (Wildman–Crippen MR) is 503 cm³/mol. The number of esters is 1. The number of aromatic nitrogens is 1. The number of primary amides is 1. The smallest absolute Gasteiger partial charge is 0.373 e. The number of fused-ring (bicyclic) bond motifs is 1. The van der Waals surface area contributed by atoms with Crippen LogP contribution < -0.4 is 70.0 Å². The van der Waals surface area contributed by atoms with Gasteiger partial charge in [0.15, 0.2) is 51.9 Å². The van der Waals surface area contributed by atoms with Crippen LogP contribution in [-0.4, -0.2) is 275 Å². The Labute approximate surface area is 825 Å². The number of carbonyl (C=O) groups is 21. The van der Waals surface area contributed by atoms with Crippen molar-refractivity contribution in [2.45, 2.75) is 237 Å². The summed E-state index contributed by atoms with van der Waals surface area (Å²) in [7, 11) is 0. The van der Waals surface area contributed by atoms with E-state index in [9.17, 15) is 122 Å². The van der Waals surface area contributed by atoms with Gasteiger partial charge in [-0.3, -0.25) is 95.9 Å². The van der Waals surface area contributed by atoms with E-state index in [0.29, 0.717) is 29.3 Å². The van der Waals surface area contributed by atoms with Gasteiger partial charge < -0.3 is 120 Å². The van der Waals surface area contributed by atoms with Gasteiger partial charge in [0, 0.05) is 105 Å². The van der Waals surface area contributed by atoms with Gasteiger partial charge in [0.2, 0.25) is 65.0 Å². The summed E-state index contributed by atoms with van der Waals surface area (Å²) in [4.78, 5) is 331. The second kappa shape index (κ2) is 62.2. The van der Waals surface area contributed by atoms with Crippen LogP contribution in [0.1, 0.15) is 213 Å². The standard InChI is InChI=1S/C94H125N15O29.2CO2/c1-7-8-9-10-11-12-13-34-77(119)104-67(39-56-45-98-64-30-19-16-25-58(56)64)91(134)106-66(44-76(96)118)74(116)40-55(41-81(124)125)88(131)108-82-54(6)138-94(137)68(43-72(114)59-26-15-17-29-63(59)95)107-90(133)62(50(2)38-80(122)123)42-75(117)69(49-110)105-79(121)46-99-86(129)52(4)102-87(130)53(5)101-85(128)51(3)37-73(115)65(103-78(120)47-100-92(82)135)31-18-14-24-57(111)48-109(93(136)61-28-23-33-71(113)84(61)127)36-21-20-35-97-89(132)60-27-22-32-70(112)83(60)126;2*2-1-3/h15-17,19,22-23,25-30,32-33,45,50-55,62,65-69,82,98,110,112-113,126-127H,7-14,18,20-21,24,31,34-44,46-49,95H2,1-6H3,(H2,96,118)(H,97,132)(H,99,129)(H,100,135)(H,101,128)(H,102,130)(H,103,120)(H,104,119)(H,105,121)(H,106,134)(H,107,133)(H,108,131)(H,122,123)(H,124,125);;/t50?,51-,52+,53-,54-,55+,62+,65+,66-,67+,68+,69-,82+;;/m1../s1. The number of phenolic OH excluding ortho intramolecular Hbond substituents is 4. The fraction of sp³-hybridized carbons (Fsp3) is 0.490. The number of amides is 13. The number of aromatic hydroxyl groups is 4. The van der Waals surface area contributed by atoms with E-state index in [1.165, 1.54) is 76.2 Å². The van der Waals surface area contributed by atoms with Gasteiger partial charge in [0.05, 0.1) is 68.2 Å². The monoisotopic (exact) mass is 2020 g/mol. The molecule has 1 aliphatic rings. The Morgan fingerprint density at radius 3 is 1.75 bits per heavy atom. The number of rotatable bonds is 43.